The first-order valence-electron chi connectivity index (χ1n) is 3.40. The molecule has 61 valence electrons. The van der Waals surface area contributed by atoms with Crippen LogP contribution in [0, 0.1) is 13.0 Å². The van der Waals surface area contributed by atoms with Crippen molar-refractivity contribution in [1.29, 1.82) is 0 Å². The summed E-state index contributed by atoms with van der Waals surface area (Å²) in [5.74, 6) is 0. The van der Waals surface area contributed by atoms with Crippen LogP contribution in [0.25, 0.3) is 0 Å². The van der Waals surface area contributed by atoms with Crippen LogP contribution in [-0.4, -0.2) is 17.2 Å². The third-order valence-electron chi connectivity index (χ3n) is 1.45. The monoisotopic (exact) mass is 237 g/mol. The van der Waals surface area contributed by atoms with Crippen molar-refractivity contribution in [3.63, 3.8) is 0 Å². The molecule has 0 spiro atoms. The predicted molar refractivity (Wildman–Crippen MR) is 44.2 cm³/mol. The molecule has 0 aliphatic rings. The van der Waals surface area contributed by atoms with E-state index in [1.807, 2.05) is 0 Å². The molecular formula is C8H9BO2Y-2. The van der Waals surface area contributed by atoms with E-state index in [-0.39, 0.29) is 32.7 Å². The van der Waals surface area contributed by atoms with Crippen LogP contribution in [0.15, 0.2) is 18.2 Å². The van der Waals surface area contributed by atoms with Crippen LogP contribution < -0.4 is 5.46 Å². The maximum absolute atomic E-state index is 8.76. The molecule has 0 aliphatic carbocycles. The predicted octanol–water partition coefficient (Wildman–Crippen LogP) is -0.459. The van der Waals surface area contributed by atoms with Crippen molar-refractivity contribution in [3.05, 3.63) is 36.8 Å². The molecule has 1 rings (SSSR count). The van der Waals surface area contributed by atoms with Gasteiger partial charge in [-0.3, -0.25) is 0 Å². The SMILES string of the molecule is [CH2-]Cc1[c-]ccc(B(O)O)c1.[Y]. The summed E-state index contributed by atoms with van der Waals surface area (Å²) in [5, 5.41) is 17.5. The molecule has 0 heterocycles. The van der Waals surface area contributed by atoms with E-state index in [2.05, 4.69) is 13.0 Å². The molecule has 1 radical (unpaired) electrons. The van der Waals surface area contributed by atoms with Crippen LogP contribution in [-0.2, 0) is 39.1 Å². The summed E-state index contributed by atoms with van der Waals surface area (Å²) in [6, 6.07) is 7.88. The average Bonchev–Trinajstić information content (AvgIpc) is 2.05. The molecule has 0 aliphatic heterocycles. The Kier molecular flexibility index (Phi) is 6.02. The summed E-state index contributed by atoms with van der Waals surface area (Å²) in [5.41, 5.74) is 1.37. The number of hydrogen-bond donors (Lipinski definition) is 2. The minimum atomic E-state index is -1.39. The van der Waals surface area contributed by atoms with Gasteiger partial charge in [-0.2, -0.15) is 36.2 Å². The Hall–Kier alpha value is 0.309. The van der Waals surface area contributed by atoms with Gasteiger partial charge in [0, 0.05) is 32.7 Å². The van der Waals surface area contributed by atoms with Crippen LogP contribution in [0.1, 0.15) is 5.56 Å². The number of benzene rings is 1. The first-order valence-corrected chi connectivity index (χ1v) is 3.40. The van der Waals surface area contributed by atoms with E-state index in [9.17, 15) is 0 Å². The number of rotatable bonds is 2. The molecule has 0 aromatic heterocycles. The number of hydrogen-bond acceptors (Lipinski definition) is 2. The molecule has 2 nitrogen and oxygen atoms in total. The largest absolute Gasteiger partial charge is 0.462 e. The van der Waals surface area contributed by atoms with Gasteiger partial charge in [-0.05, 0) is 0 Å². The van der Waals surface area contributed by atoms with E-state index in [4.69, 9.17) is 10.0 Å². The zero-order chi connectivity index (χ0) is 8.27. The van der Waals surface area contributed by atoms with Gasteiger partial charge in [0.1, 0.15) is 0 Å². The zero-order valence-electron chi connectivity index (χ0n) is 6.70. The Morgan fingerprint density at radius 1 is 1.50 bits per heavy atom. The van der Waals surface area contributed by atoms with Crippen molar-refractivity contribution in [2.24, 2.45) is 0 Å². The molecule has 0 atom stereocenters. The Morgan fingerprint density at radius 2 is 2.17 bits per heavy atom. The van der Waals surface area contributed by atoms with Crippen molar-refractivity contribution in [2.75, 3.05) is 0 Å². The van der Waals surface area contributed by atoms with Crippen molar-refractivity contribution in [1.82, 2.24) is 0 Å². The molecule has 0 unspecified atom stereocenters. The third kappa shape index (κ3) is 3.36. The van der Waals surface area contributed by atoms with E-state index in [0.717, 1.165) is 5.56 Å². The Bertz CT molecular complexity index is 240. The van der Waals surface area contributed by atoms with Crippen LogP contribution in [0.3, 0.4) is 0 Å². The first kappa shape index (κ1) is 12.3. The van der Waals surface area contributed by atoms with Crippen molar-refractivity contribution < 1.29 is 42.8 Å². The summed E-state index contributed by atoms with van der Waals surface area (Å²) >= 11 is 0. The van der Waals surface area contributed by atoms with Gasteiger partial charge in [-0.25, -0.2) is 0 Å². The minimum Gasteiger partial charge on any atom is -0.425 e. The van der Waals surface area contributed by atoms with Gasteiger partial charge >= 0.3 is 7.12 Å². The fourth-order valence-electron chi connectivity index (χ4n) is 0.841. The second-order valence-electron chi connectivity index (χ2n) is 2.27. The van der Waals surface area contributed by atoms with E-state index < -0.39 is 7.12 Å². The summed E-state index contributed by atoms with van der Waals surface area (Å²) in [6.45, 7) is 3.66. The molecule has 0 fully saturated rings. The molecule has 12 heavy (non-hydrogen) atoms. The maximum Gasteiger partial charge on any atom is 0.462 e. The molecule has 0 bridgehead atoms. The molecule has 1 aromatic carbocycles. The summed E-state index contributed by atoms with van der Waals surface area (Å²) in [4.78, 5) is 0. The molecule has 2 N–H and O–H groups in total. The van der Waals surface area contributed by atoms with Gasteiger partial charge in [0.2, 0.25) is 0 Å². The van der Waals surface area contributed by atoms with E-state index in [0.29, 0.717) is 11.9 Å². The summed E-state index contributed by atoms with van der Waals surface area (Å²) in [7, 11) is -1.39. The fourth-order valence-corrected chi connectivity index (χ4v) is 0.841. The topological polar surface area (TPSA) is 40.5 Å². The molecular weight excluding hydrogens is 228 g/mol. The molecule has 0 saturated carbocycles. The molecule has 1 aromatic rings. The average molecular weight is 237 g/mol. The van der Waals surface area contributed by atoms with Crippen molar-refractivity contribution >= 4 is 12.6 Å². The van der Waals surface area contributed by atoms with E-state index >= 15 is 0 Å². The standard InChI is InChI=1S/C8H9BO2.Y/c1-2-7-4-3-5-8(6-7)9(10)11;/h3,5-6,10-11H,1-2H2;/q-2;. The molecule has 4 heteroatoms. The van der Waals surface area contributed by atoms with Crippen LogP contribution in [0.2, 0.25) is 0 Å². The Labute approximate surface area is 98.0 Å². The van der Waals surface area contributed by atoms with Gasteiger partial charge in [0.15, 0.2) is 0 Å². The molecule has 0 saturated heterocycles. The zero-order valence-corrected chi connectivity index (χ0v) is 9.53. The van der Waals surface area contributed by atoms with Gasteiger partial charge in [0.05, 0.1) is 0 Å². The smallest absolute Gasteiger partial charge is 0.425 e. The molecule has 0 amide bonds. The minimum absolute atomic E-state index is 0. The second kappa shape index (κ2) is 5.87. The van der Waals surface area contributed by atoms with Crippen LogP contribution in [0.5, 0.6) is 0 Å². The van der Waals surface area contributed by atoms with Crippen molar-refractivity contribution in [3.8, 4) is 0 Å². The van der Waals surface area contributed by atoms with E-state index in [1.54, 1.807) is 18.2 Å². The Morgan fingerprint density at radius 3 is 2.67 bits per heavy atom. The van der Waals surface area contributed by atoms with Crippen LogP contribution >= 0.6 is 0 Å². The normalized spacial score (nSPS) is 8.92. The Balaban J connectivity index is 0.00000121. The third-order valence-corrected chi connectivity index (χ3v) is 1.45. The van der Waals surface area contributed by atoms with E-state index in [1.165, 1.54) is 0 Å². The second-order valence-corrected chi connectivity index (χ2v) is 2.27. The van der Waals surface area contributed by atoms with Crippen molar-refractivity contribution in [2.45, 2.75) is 6.42 Å². The van der Waals surface area contributed by atoms with Crippen LogP contribution in [0.4, 0.5) is 0 Å². The van der Waals surface area contributed by atoms with Gasteiger partial charge in [0.25, 0.3) is 0 Å². The summed E-state index contributed by atoms with van der Waals surface area (Å²) in [6.07, 6.45) is 0.612. The fraction of sp³-hybridized carbons (Fsp3) is 0.125. The van der Waals surface area contributed by atoms with Gasteiger partial charge in [-0.1, -0.05) is 0 Å². The van der Waals surface area contributed by atoms with Gasteiger partial charge < -0.3 is 17.0 Å². The quantitative estimate of drug-likeness (QED) is 0.539. The first-order chi connectivity index (χ1) is 5.24. The maximum atomic E-state index is 8.76. The summed E-state index contributed by atoms with van der Waals surface area (Å²) < 4.78 is 0. The van der Waals surface area contributed by atoms with Gasteiger partial charge in [-0.15, -0.1) is 5.46 Å².